The first-order valence-corrected chi connectivity index (χ1v) is 11.1. The molecule has 166 valence electrons. The Bertz CT molecular complexity index is 1090. The van der Waals surface area contributed by atoms with Gasteiger partial charge < -0.3 is 9.64 Å². The highest BCUT2D eigenvalue weighted by molar-refractivity contribution is 6.00. The Morgan fingerprint density at radius 3 is 2.50 bits per heavy atom. The molecular formula is C25H27FN4O2. The maximum atomic E-state index is 13.7. The highest BCUT2D eigenvalue weighted by atomic mass is 19.1. The van der Waals surface area contributed by atoms with E-state index in [1.165, 1.54) is 12.1 Å². The van der Waals surface area contributed by atoms with Crippen molar-refractivity contribution in [2.45, 2.75) is 19.4 Å². The Kier molecular flexibility index (Phi) is 5.76. The van der Waals surface area contributed by atoms with Crippen LogP contribution >= 0.6 is 0 Å². The van der Waals surface area contributed by atoms with Crippen LogP contribution in [0, 0.1) is 12.7 Å². The van der Waals surface area contributed by atoms with Crippen LogP contribution in [-0.2, 0) is 4.74 Å². The first kappa shape index (κ1) is 20.8. The number of morpholine rings is 1. The molecule has 5 rings (SSSR count). The quantitative estimate of drug-likeness (QED) is 0.641. The van der Waals surface area contributed by atoms with E-state index in [0.29, 0.717) is 12.2 Å². The van der Waals surface area contributed by atoms with Crippen molar-refractivity contribution in [2.24, 2.45) is 0 Å². The van der Waals surface area contributed by atoms with E-state index in [4.69, 9.17) is 4.74 Å². The van der Waals surface area contributed by atoms with Gasteiger partial charge in [-0.3, -0.25) is 14.8 Å². The van der Waals surface area contributed by atoms with Gasteiger partial charge in [0, 0.05) is 37.3 Å². The third kappa shape index (κ3) is 3.94. The zero-order chi connectivity index (χ0) is 22.1. The topological polar surface area (TPSA) is 61.5 Å². The number of rotatable bonds is 6. The summed E-state index contributed by atoms with van der Waals surface area (Å²) in [6.45, 7) is 6.95. The minimum Gasteiger partial charge on any atom is -0.379 e. The van der Waals surface area contributed by atoms with Gasteiger partial charge >= 0.3 is 0 Å². The standard InChI is InChI=1S/C25H27FN4O2/c1-17-3-5-18(6-4-17)22-21-23(28-27-22)25(31)30(12-2-11-29-13-15-32-16-14-29)24(21)19-7-9-20(26)10-8-19/h3-10,24H,2,11-16H2,1H3,(H,27,28). The van der Waals surface area contributed by atoms with Gasteiger partial charge in [-0.05, 0) is 31.0 Å². The van der Waals surface area contributed by atoms with Crippen LogP contribution < -0.4 is 0 Å². The number of carbonyl (C=O) groups excluding carboxylic acids is 1. The molecule has 3 heterocycles. The maximum Gasteiger partial charge on any atom is 0.273 e. The Morgan fingerprint density at radius 1 is 1.06 bits per heavy atom. The van der Waals surface area contributed by atoms with Crippen molar-refractivity contribution in [1.29, 1.82) is 0 Å². The molecule has 2 aliphatic rings. The lowest BCUT2D eigenvalue weighted by Crippen LogP contribution is -2.38. The average molecular weight is 435 g/mol. The average Bonchev–Trinajstić information content (AvgIpc) is 3.35. The molecule has 0 saturated carbocycles. The number of nitrogens with zero attached hydrogens (tertiary/aromatic N) is 3. The van der Waals surface area contributed by atoms with E-state index in [1.54, 1.807) is 12.1 Å². The number of aromatic nitrogens is 2. The number of hydrogen-bond donors (Lipinski definition) is 1. The van der Waals surface area contributed by atoms with Crippen molar-refractivity contribution in [3.8, 4) is 11.3 Å². The summed E-state index contributed by atoms with van der Waals surface area (Å²) in [6, 6.07) is 14.3. The number of amides is 1. The lowest BCUT2D eigenvalue weighted by molar-refractivity contribution is 0.0354. The van der Waals surface area contributed by atoms with Gasteiger partial charge in [0.25, 0.3) is 5.91 Å². The number of nitrogens with one attached hydrogen (secondary N) is 1. The summed E-state index contributed by atoms with van der Waals surface area (Å²) < 4.78 is 19.1. The number of benzene rings is 2. The molecule has 0 bridgehead atoms. The SMILES string of the molecule is Cc1ccc(-c2n[nH]c3c2C(c2ccc(F)cc2)N(CCCN2CCOCC2)C3=O)cc1. The fraction of sp³-hybridized carbons (Fsp3) is 0.360. The van der Waals surface area contributed by atoms with E-state index in [9.17, 15) is 9.18 Å². The molecule has 0 radical (unpaired) electrons. The van der Waals surface area contributed by atoms with Gasteiger partial charge in [-0.25, -0.2) is 4.39 Å². The van der Waals surface area contributed by atoms with Gasteiger partial charge in [0.2, 0.25) is 0 Å². The van der Waals surface area contributed by atoms with Gasteiger partial charge in [0.15, 0.2) is 0 Å². The lowest BCUT2D eigenvalue weighted by Gasteiger charge is -2.29. The predicted molar refractivity (Wildman–Crippen MR) is 120 cm³/mol. The molecule has 6 nitrogen and oxygen atoms in total. The molecule has 3 aromatic rings. The van der Waals surface area contributed by atoms with Crippen LogP contribution in [0.25, 0.3) is 11.3 Å². The molecule has 2 aliphatic heterocycles. The number of hydrogen-bond acceptors (Lipinski definition) is 4. The first-order valence-electron chi connectivity index (χ1n) is 11.1. The van der Waals surface area contributed by atoms with Gasteiger partial charge in [-0.2, -0.15) is 5.10 Å². The number of aryl methyl sites for hydroxylation is 1. The summed E-state index contributed by atoms with van der Waals surface area (Å²) in [5.41, 5.74) is 5.19. The predicted octanol–water partition coefficient (Wildman–Crippen LogP) is 3.79. The number of carbonyl (C=O) groups is 1. The fourth-order valence-corrected chi connectivity index (χ4v) is 4.64. The summed E-state index contributed by atoms with van der Waals surface area (Å²) in [5.74, 6) is -0.342. The van der Waals surface area contributed by atoms with Crippen molar-refractivity contribution in [2.75, 3.05) is 39.4 Å². The Labute approximate surface area is 187 Å². The van der Waals surface area contributed by atoms with Gasteiger partial charge in [-0.1, -0.05) is 42.0 Å². The second kappa shape index (κ2) is 8.84. The Balaban J connectivity index is 1.46. The summed E-state index contributed by atoms with van der Waals surface area (Å²) in [7, 11) is 0. The fourth-order valence-electron chi connectivity index (χ4n) is 4.64. The second-order valence-corrected chi connectivity index (χ2v) is 8.49. The van der Waals surface area contributed by atoms with Crippen molar-refractivity contribution >= 4 is 5.91 Å². The van der Waals surface area contributed by atoms with E-state index < -0.39 is 0 Å². The molecule has 1 unspecified atom stereocenters. The van der Waals surface area contributed by atoms with Crippen LogP contribution in [0.2, 0.25) is 0 Å². The van der Waals surface area contributed by atoms with E-state index in [1.807, 2.05) is 36.1 Å². The van der Waals surface area contributed by atoms with Gasteiger partial charge in [0.1, 0.15) is 11.5 Å². The van der Waals surface area contributed by atoms with Crippen LogP contribution in [0.4, 0.5) is 4.39 Å². The smallest absolute Gasteiger partial charge is 0.273 e. The molecule has 32 heavy (non-hydrogen) atoms. The number of ether oxygens (including phenoxy) is 1. The number of H-pyrrole nitrogens is 1. The van der Waals surface area contributed by atoms with Crippen molar-refractivity contribution in [1.82, 2.24) is 20.0 Å². The monoisotopic (exact) mass is 434 g/mol. The highest BCUT2D eigenvalue weighted by Gasteiger charge is 2.41. The summed E-state index contributed by atoms with van der Waals surface area (Å²) in [4.78, 5) is 17.6. The minimum atomic E-state index is -0.294. The van der Waals surface area contributed by atoms with Gasteiger partial charge in [0.05, 0.1) is 24.9 Å². The zero-order valence-corrected chi connectivity index (χ0v) is 18.2. The van der Waals surface area contributed by atoms with Crippen LogP contribution in [0.1, 0.15) is 39.6 Å². The number of aromatic amines is 1. The molecule has 0 aliphatic carbocycles. The summed E-state index contributed by atoms with van der Waals surface area (Å²) in [5, 5.41) is 7.49. The van der Waals surface area contributed by atoms with E-state index in [-0.39, 0.29) is 17.8 Å². The van der Waals surface area contributed by atoms with E-state index in [0.717, 1.165) is 67.2 Å². The lowest BCUT2D eigenvalue weighted by atomic mass is 9.95. The molecule has 1 saturated heterocycles. The molecule has 1 amide bonds. The first-order chi connectivity index (χ1) is 15.6. The van der Waals surface area contributed by atoms with Crippen molar-refractivity contribution < 1.29 is 13.9 Å². The molecule has 7 heteroatoms. The van der Waals surface area contributed by atoms with Crippen LogP contribution in [0.3, 0.4) is 0 Å². The third-order valence-electron chi connectivity index (χ3n) is 6.35. The van der Waals surface area contributed by atoms with Crippen molar-refractivity contribution in [3.05, 3.63) is 76.7 Å². The molecule has 2 aromatic carbocycles. The number of fused-ring (bicyclic) bond motifs is 1. The normalized spacial score (nSPS) is 18.9. The third-order valence-corrected chi connectivity index (χ3v) is 6.35. The summed E-state index contributed by atoms with van der Waals surface area (Å²) >= 11 is 0. The summed E-state index contributed by atoms with van der Waals surface area (Å²) in [6.07, 6.45) is 0.862. The Morgan fingerprint density at radius 2 is 1.78 bits per heavy atom. The molecule has 1 aromatic heterocycles. The molecule has 1 N–H and O–H groups in total. The van der Waals surface area contributed by atoms with Crippen LogP contribution in [0.5, 0.6) is 0 Å². The maximum absolute atomic E-state index is 13.7. The van der Waals surface area contributed by atoms with E-state index in [2.05, 4.69) is 15.1 Å². The zero-order valence-electron chi connectivity index (χ0n) is 18.2. The molecular weight excluding hydrogens is 407 g/mol. The second-order valence-electron chi connectivity index (χ2n) is 8.49. The van der Waals surface area contributed by atoms with Crippen LogP contribution in [-0.4, -0.2) is 65.3 Å². The minimum absolute atomic E-state index is 0.0536. The van der Waals surface area contributed by atoms with Gasteiger partial charge in [-0.15, -0.1) is 0 Å². The highest BCUT2D eigenvalue weighted by Crippen LogP contribution is 2.42. The van der Waals surface area contributed by atoms with E-state index >= 15 is 0 Å². The molecule has 1 fully saturated rings. The van der Waals surface area contributed by atoms with Crippen molar-refractivity contribution in [3.63, 3.8) is 0 Å². The largest absolute Gasteiger partial charge is 0.379 e. The number of halogens is 1. The molecule has 0 spiro atoms. The van der Waals surface area contributed by atoms with Crippen LogP contribution in [0.15, 0.2) is 48.5 Å². The molecule has 1 atom stereocenters. The Hall–Kier alpha value is -3.03.